The second kappa shape index (κ2) is 11.5. The SMILES string of the molecule is CCCCCCCCCCn1c(C2CC(=O)N(c3ccc(CC)cc3)C2)nc2ccccc21. The van der Waals surface area contributed by atoms with Crippen LogP contribution < -0.4 is 4.90 Å². The number of rotatable bonds is 12. The van der Waals surface area contributed by atoms with Gasteiger partial charge in [0.2, 0.25) is 5.91 Å². The highest BCUT2D eigenvalue weighted by molar-refractivity contribution is 5.96. The van der Waals surface area contributed by atoms with Crippen molar-refractivity contribution in [3.8, 4) is 0 Å². The Morgan fingerprint density at radius 1 is 0.879 bits per heavy atom. The molecule has 1 atom stereocenters. The van der Waals surface area contributed by atoms with Crippen molar-refractivity contribution in [2.75, 3.05) is 11.4 Å². The number of amides is 1. The van der Waals surface area contributed by atoms with Crippen molar-refractivity contribution in [2.24, 2.45) is 0 Å². The number of anilines is 1. The van der Waals surface area contributed by atoms with Gasteiger partial charge in [-0.15, -0.1) is 0 Å². The fourth-order valence-electron chi connectivity index (χ4n) is 5.09. The van der Waals surface area contributed by atoms with E-state index in [2.05, 4.69) is 66.9 Å². The Hall–Kier alpha value is -2.62. The maximum Gasteiger partial charge on any atom is 0.227 e. The maximum absolute atomic E-state index is 12.9. The molecule has 1 aromatic heterocycles. The molecular weight excluding hydrogens is 406 g/mol. The van der Waals surface area contributed by atoms with Gasteiger partial charge in [-0.3, -0.25) is 4.79 Å². The van der Waals surface area contributed by atoms with Crippen LogP contribution in [-0.2, 0) is 17.8 Å². The van der Waals surface area contributed by atoms with Gasteiger partial charge < -0.3 is 9.47 Å². The van der Waals surface area contributed by atoms with Gasteiger partial charge in [0.15, 0.2) is 0 Å². The molecule has 1 aliphatic heterocycles. The number of fused-ring (bicyclic) bond motifs is 1. The van der Waals surface area contributed by atoms with Crippen LogP contribution in [0.25, 0.3) is 11.0 Å². The van der Waals surface area contributed by atoms with Crippen LogP contribution in [0.5, 0.6) is 0 Å². The molecule has 176 valence electrons. The lowest BCUT2D eigenvalue weighted by Crippen LogP contribution is -2.24. The molecule has 0 radical (unpaired) electrons. The number of hydrogen-bond acceptors (Lipinski definition) is 2. The minimum atomic E-state index is 0.143. The first-order chi connectivity index (χ1) is 16.2. The molecule has 2 heterocycles. The number of hydrogen-bond donors (Lipinski definition) is 0. The second-order valence-corrected chi connectivity index (χ2v) is 9.51. The lowest BCUT2D eigenvalue weighted by atomic mass is 10.1. The number of carbonyl (C=O) groups excluding carboxylic acids is 1. The van der Waals surface area contributed by atoms with Crippen molar-refractivity contribution in [1.29, 1.82) is 0 Å². The highest BCUT2D eigenvalue weighted by Gasteiger charge is 2.34. The minimum absolute atomic E-state index is 0.143. The highest BCUT2D eigenvalue weighted by Crippen LogP contribution is 2.33. The van der Waals surface area contributed by atoms with Gasteiger partial charge in [-0.2, -0.15) is 0 Å². The maximum atomic E-state index is 12.9. The molecule has 0 aliphatic carbocycles. The van der Waals surface area contributed by atoms with Gasteiger partial charge in [0, 0.05) is 31.1 Å². The van der Waals surface area contributed by atoms with E-state index in [0.29, 0.717) is 13.0 Å². The second-order valence-electron chi connectivity index (χ2n) is 9.51. The zero-order chi connectivity index (χ0) is 23.0. The molecule has 33 heavy (non-hydrogen) atoms. The lowest BCUT2D eigenvalue weighted by molar-refractivity contribution is -0.117. The molecule has 0 saturated carbocycles. The van der Waals surface area contributed by atoms with Crippen molar-refractivity contribution in [2.45, 2.75) is 90.5 Å². The van der Waals surface area contributed by atoms with Gasteiger partial charge >= 0.3 is 0 Å². The van der Waals surface area contributed by atoms with Crippen LogP contribution in [0.1, 0.15) is 88.9 Å². The fraction of sp³-hybridized carbons (Fsp3) is 0.517. The molecule has 1 saturated heterocycles. The predicted molar refractivity (Wildman–Crippen MR) is 138 cm³/mol. The number of imidazole rings is 1. The summed E-state index contributed by atoms with van der Waals surface area (Å²) in [6.07, 6.45) is 12.1. The Morgan fingerprint density at radius 3 is 2.30 bits per heavy atom. The molecule has 0 N–H and O–H groups in total. The molecule has 1 amide bonds. The monoisotopic (exact) mass is 445 g/mol. The number of aromatic nitrogens is 2. The van der Waals surface area contributed by atoms with Crippen LogP contribution in [0.2, 0.25) is 0 Å². The molecule has 1 fully saturated rings. The van der Waals surface area contributed by atoms with E-state index in [-0.39, 0.29) is 11.8 Å². The normalized spacial score (nSPS) is 16.2. The summed E-state index contributed by atoms with van der Waals surface area (Å²) in [7, 11) is 0. The molecule has 0 bridgehead atoms. The van der Waals surface area contributed by atoms with E-state index in [0.717, 1.165) is 30.0 Å². The Morgan fingerprint density at radius 2 is 1.58 bits per heavy atom. The summed E-state index contributed by atoms with van der Waals surface area (Å²) in [4.78, 5) is 19.9. The lowest BCUT2D eigenvalue weighted by Gasteiger charge is -2.18. The third-order valence-electron chi connectivity index (χ3n) is 7.07. The van der Waals surface area contributed by atoms with Crippen LogP contribution in [0.15, 0.2) is 48.5 Å². The minimum Gasteiger partial charge on any atom is -0.328 e. The van der Waals surface area contributed by atoms with Gasteiger partial charge in [0.25, 0.3) is 0 Å². The molecule has 4 rings (SSSR count). The van der Waals surface area contributed by atoms with Gasteiger partial charge in [-0.1, -0.05) is 83.1 Å². The Labute approximate surface area is 199 Å². The van der Waals surface area contributed by atoms with Crippen molar-refractivity contribution >= 4 is 22.6 Å². The molecule has 1 unspecified atom stereocenters. The van der Waals surface area contributed by atoms with Gasteiger partial charge in [0.05, 0.1) is 11.0 Å². The molecule has 4 heteroatoms. The zero-order valence-corrected chi connectivity index (χ0v) is 20.4. The Bertz CT molecular complexity index is 1040. The third kappa shape index (κ3) is 5.66. The third-order valence-corrected chi connectivity index (χ3v) is 7.07. The molecular formula is C29H39N3O. The highest BCUT2D eigenvalue weighted by atomic mass is 16.2. The van der Waals surface area contributed by atoms with Gasteiger partial charge in [0.1, 0.15) is 5.82 Å². The van der Waals surface area contributed by atoms with Gasteiger partial charge in [-0.05, 0) is 42.7 Å². The van der Waals surface area contributed by atoms with Crippen LogP contribution in [-0.4, -0.2) is 22.0 Å². The van der Waals surface area contributed by atoms with Crippen molar-refractivity contribution < 1.29 is 4.79 Å². The molecule has 1 aliphatic rings. The smallest absolute Gasteiger partial charge is 0.227 e. The van der Waals surface area contributed by atoms with E-state index < -0.39 is 0 Å². The van der Waals surface area contributed by atoms with Crippen LogP contribution in [0, 0.1) is 0 Å². The average molecular weight is 446 g/mol. The summed E-state index contributed by atoms with van der Waals surface area (Å²) in [6, 6.07) is 16.9. The summed E-state index contributed by atoms with van der Waals surface area (Å²) in [5.41, 5.74) is 4.55. The zero-order valence-electron chi connectivity index (χ0n) is 20.4. The summed E-state index contributed by atoms with van der Waals surface area (Å²) >= 11 is 0. The summed E-state index contributed by atoms with van der Waals surface area (Å²) in [5.74, 6) is 1.43. The van der Waals surface area contributed by atoms with E-state index in [1.54, 1.807) is 0 Å². The number of unbranched alkanes of at least 4 members (excludes halogenated alkanes) is 7. The van der Waals surface area contributed by atoms with E-state index >= 15 is 0 Å². The Balaban J connectivity index is 1.44. The first-order valence-corrected chi connectivity index (χ1v) is 13.1. The van der Waals surface area contributed by atoms with Crippen LogP contribution in [0.4, 0.5) is 5.69 Å². The van der Waals surface area contributed by atoms with E-state index in [1.165, 1.54) is 62.4 Å². The molecule has 4 nitrogen and oxygen atoms in total. The first kappa shape index (κ1) is 23.5. The number of para-hydroxylation sites is 2. The summed E-state index contributed by atoms with van der Waals surface area (Å²) in [6.45, 7) is 6.13. The summed E-state index contributed by atoms with van der Waals surface area (Å²) in [5, 5.41) is 0. The van der Waals surface area contributed by atoms with Crippen LogP contribution >= 0.6 is 0 Å². The van der Waals surface area contributed by atoms with Crippen molar-refractivity contribution in [3.05, 3.63) is 59.9 Å². The number of carbonyl (C=O) groups is 1. The quantitative estimate of drug-likeness (QED) is 0.275. The summed E-state index contributed by atoms with van der Waals surface area (Å²) < 4.78 is 2.40. The number of aryl methyl sites for hydroxylation is 2. The van der Waals surface area contributed by atoms with Crippen molar-refractivity contribution in [1.82, 2.24) is 9.55 Å². The van der Waals surface area contributed by atoms with Gasteiger partial charge in [-0.25, -0.2) is 4.98 Å². The average Bonchev–Trinajstić information content (AvgIpc) is 3.41. The van der Waals surface area contributed by atoms with Crippen molar-refractivity contribution in [3.63, 3.8) is 0 Å². The molecule has 2 aromatic carbocycles. The molecule has 3 aromatic rings. The predicted octanol–water partition coefficient (Wildman–Crippen LogP) is 7.26. The topological polar surface area (TPSA) is 38.1 Å². The number of benzene rings is 2. The van der Waals surface area contributed by atoms with Crippen LogP contribution in [0.3, 0.4) is 0 Å². The molecule has 0 spiro atoms. The van der Waals surface area contributed by atoms with E-state index in [9.17, 15) is 4.79 Å². The first-order valence-electron chi connectivity index (χ1n) is 13.1. The van der Waals surface area contributed by atoms with E-state index in [4.69, 9.17) is 4.98 Å². The Kier molecular flexibility index (Phi) is 8.20. The fourth-order valence-corrected chi connectivity index (χ4v) is 5.09. The number of nitrogens with zero attached hydrogens (tertiary/aromatic N) is 3. The van der Waals surface area contributed by atoms with E-state index in [1.807, 2.05) is 4.90 Å². The largest absolute Gasteiger partial charge is 0.328 e. The standard InChI is InChI=1S/C29H39N3O/c1-3-5-6-7-8-9-10-13-20-31-27-15-12-11-14-26(27)30-29(31)24-21-28(33)32(22-24)25-18-16-23(4-2)17-19-25/h11-12,14-19,24H,3-10,13,20-22H2,1-2H3.